The minimum atomic E-state index is -1.97. The van der Waals surface area contributed by atoms with Gasteiger partial charge in [-0.05, 0) is 73.3 Å². The molecule has 0 saturated carbocycles. The van der Waals surface area contributed by atoms with Crippen LogP contribution in [0.1, 0.15) is 51.3 Å². The van der Waals surface area contributed by atoms with Crippen LogP contribution in [0.5, 0.6) is 5.75 Å². The Labute approximate surface area is 216 Å². The Morgan fingerprint density at radius 3 is 2.33 bits per heavy atom. The van der Waals surface area contributed by atoms with E-state index in [0.29, 0.717) is 13.2 Å². The van der Waals surface area contributed by atoms with Crippen molar-refractivity contribution in [2.24, 2.45) is 0 Å². The smallest absolute Gasteiger partial charge is 0.226 e. The molecule has 3 aliphatic heterocycles. The number of rotatable bonds is 5. The van der Waals surface area contributed by atoms with Gasteiger partial charge in [0.2, 0.25) is 5.79 Å². The van der Waals surface area contributed by atoms with E-state index in [1.165, 1.54) is 0 Å². The van der Waals surface area contributed by atoms with Crippen LogP contribution < -0.4 is 4.74 Å². The summed E-state index contributed by atoms with van der Waals surface area (Å²) in [5.41, 5.74) is 5.57. The minimum Gasteiger partial charge on any atom is -0.497 e. The Balaban J connectivity index is 1.53. The van der Waals surface area contributed by atoms with Gasteiger partial charge < -0.3 is 28.1 Å². The summed E-state index contributed by atoms with van der Waals surface area (Å²) in [7, 11) is -0.293. The Bertz CT molecular complexity index is 1140. The van der Waals surface area contributed by atoms with Gasteiger partial charge in [-0.2, -0.15) is 0 Å². The average Bonchev–Trinajstić information content (AvgIpc) is 3.43. The average molecular weight is 513 g/mol. The lowest BCUT2D eigenvalue weighted by atomic mass is 9.88. The van der Waals surface area contributed by atoms with Crippen LogP contribution in [0.3, 0.4) is 0 Å². The molecule has 0 N–H and O–H groups in total. The van der Waals surface area contributed by atoms with Crippen molar-refractivity contribution >= 4 is 8.32 Å². The highest BCUT2D eigenvalue weighted by Crippen LogP contribution is 2.56. The molecule has 0 aromatic heterocycles. The van der Waals surface area contributed by atoms with Crippen LogP contribution in [-0.4, -0.2) is 46.1 Å². The topological polar surface area (TPSA) is 55.4 Å². The van der Waals surface area contributed by atoms with Crippen molar-refractivity contribution in [3.8, 4) is 16.9 Å². The Kier molecular flexibility index (Phi) is 6.22. The molecule has 1 spiro atoms. The summed E-state index contributed by atoms with van der Waals surface area (Å²) in [6.45, 7) is 18.2. The Morgan fingerprint density at radius 2 is 1.69 bits per heavy atom. The van der Waals surface area contributed by atoms with Gasteiger partial charge in [0.15, 0.2) is 14.1 Å². The zero-order valence-corrected chi connectivity index (χ0v) is 24.1. The fraction of sp³-hybridized carbons (Fsp3) is 0.586. The first-order chi connectivity index (χ1) is 16.8. The molecule has 6 nitrogen and oxygen atoms in total. The second kappa shape index (κ2) is 8.65. The van der Waals surface area contributed by atoms with Gasteiger partial charge in [0.1, 0.15) is 24.1 Å². The van der Waals surface area contributed by atoms with E-state index in [4.69, 9.17) is 28.1 Å². The molecule has 0 unspecified atom stereocenters. The van der Waals surface area contributed by atoms with Gasteiger partial charge in [-0.1, -0.05) is 45.0 Å². The molecule has 0 bridgehead atoms. The lowest BCUT2D eigenvalue weighted by molar-refractivity contribution is -0.297. The first kappa shape index (κ1) is 25.9. The van der Waals surface area contributed by atoms with Crippen molar-refractivity contribution in [2.75, 3.05) is 13.7 Å². The van der Waals surface area contributed by atoms with E-state index in [-0.39, 0.29) is 23.4 Å². The van der Waals surface area contributed by atoms with E-state index >= 15 is 0 Å². The lowest BCUT2D eigenvalue weighted by Crippen LogP contribution is -2.44. The number of fused-ring (bicyclic) bond motifs is 4. The molecule has 0 aliphatic carbocycles. The molecule has 3 heterocycles. The quantitative estimate of drug-likeness (QED) is 0.439. The largest absolute Gasteiger partial charge is 0.497 e. The molecule has 0 amide bonds. The molecule has 36 heavy (non-hydrogen) atoms. The van der Waals surface area contributed by atoms with Crippen LogP contribution in [0.2, 0.25) is 18.1 Å². The number of hydrogen-bond acceptors (Lipinski definition) is 6. The van der Waals surface area contributed by atoms with E-state index < -0.39 is 19.9 Å². The molecule has 2 saturated heterocycles. The fourth-order valence-electron chi connectivity index (χ4n) is 5.36. The predicted octanol–water partition coefficient (Wildman–Crippen LogP) is 6.29. The van der Waals surface area contributed by atoms with Crippen molar-refractivity contribution in [3.63, 3.8) is 0 Å². The molecule has 196 valence electrons. The summed E-state index contributed by atoms with van der Waals surface area (Å²) >= 11 is 0. The molecule has 0 radical (unpaired) electrons. The van der Waals surface area contributed by atoms with Gasteiger partial charge in [-0.25, -0.2) is 0 Å². The minimum absolute atomic E-state index is 0.106. The third kappa shape index (κ3) is 4.14. The molecular weight excluding hydrogens is 472 g/mol. The number of ether oxygens (including phenoxy) is 5. The molecule has 4 atom stereocenters. The Hall–Kier alpha value is -1.74. The maximum atomic E-state index is 6.82. The second-order valence-electron chi connectivity index (χ2n) is 12.2. The summed E-state index contributed by atoms with van der Waals surface area (Å²) in [5, 5.41) is 0.106. The zero-order chi connectivity index (χ0) is 26.1. The highest BCUT2D eigenvalue weighted by molar-refractivity contribution is 6.74. The van der Waals surface area contributed by atoms with Crippen LogP contribution in [0.15, 0.2) is 36.4 Å². The molecule has 5 rings (SSSR count). The molecule has 2 aromatic rings. The van der Waals surface area contributed by atoms with Gasteiger partial charge in [0.25, 0.3) is 0 Å². The van der Waals surface area contributed by atoms with Crippen molar-refractivity contribution in [3.05, 3.63) is 53.1 Å². The van der Waals surface area contributed by atoms with Crippen LogP contribution >= 0.6 is 0 Å². The summed E-state index contributed by atoms with van der Waals surface area (Å²) < 4.78 is 38.3. The first-order valence-electron chi connectivity index (χ1n) is 12.9. The number of hydrogen-bond donors (Lipinski definition) is 0. The van der Waals surface area contributed by atoms with Gasteiger partial charge in [0.05, 0.1) is 20.3 Å². The van der Waals surface area contributed by atoms with Gasteiger partial charge in [-0.3, -0.25) is 0 Å². The maximum absolute atomic E-state index is 6.82. The maximum Gasteiger partial charge on any atom is 0.226 e. The zero-order valence-electron chi connectivity index (χ0n) is 23.1. The fourth-order valence-corrected chi connectivity index (χ4v) is 6.37. The Morgan fingerprint density at radius 1 is 1.00 bits per heavy atom. The van der Waals surface area contributed by atoms with E-state index in [9.17, 15) is 0 Å². The molecule has 2 fully saturated rings. The molecule has 7 heteroatoms. The normalized spacial score (nSPS) is 29.0. The standard InChI is InChI=1S/C29H40O6Si/c1-18-10-15-21(19-11-13-20(30-7)14-12-19)22-16-31-29(24(18)22)26-25(34-28(5,6)35-26)23(33-29)17-32-36(8,9)27(2,3)4/h10-15,23,25-26H,16-17H2,1-9H3/t23-,25-,26-,29-/m1/s1. The summed E-state index contributed by atoms with van der Waals surface area (Å²) in [6, 6.07) is 12.5. The summed E-state index contributed by atoms with van der Waals surface area (Å²) in [6.07, 6.45) is -0.952. The molecule has 2 aromatic carbocycles. The van der Waals surface area contributed by atoms with Crippen molar-refractivity contribution in [2.45, 2.75) is 96.2 Å². The van der Waals surface area contributed by atoms with Crippen LogP contribution in [0.25, 0.3) is 11.1 Å². The second-order valence-corrected chi connectivity index (χ2v) is 17.0. The van der Waals surface area contributed by atoms with E-state index in [1.54, 1.807) is 7.11 Å². The van der Waals surface area contributed by atoms with Crippen LogP contribution in [0.4, 0.5) is 0 Å². The highest BCUT2D eigenvalue weighted by Gasteiger charge is 2.67. The van der Waals surface area contributed by atoms with E-state index in [2.05, 4.69) is 65.1 Å². The molecular formula is C29H40O6Si. The van der Waals surface area contributed by atoms with E-state index in [1.807, 2.05) is 26.0 Å². The third-order valence-electron chi connectivity index (χ3n) is 8.31. The van der Waals surface area contributed by atoms with Crippen LogP contribution in [0, 0.1) is 6.92 Å². The van der Waals surface area contributed by atoms with Crippen LogP contribution in [-0.2, 0) is 35.8 Å². The predicted molar refractivity (Wildman–Crippen MR) is 141 cm³/mol. The van der Waals surface area contributed by atoms with Gasteiger partial charge >= 0.3 is 0 Å². The van der Waals surface area contributed by atoms with Gasteiger partial charge in [-0.15, -0.1) is 0 Å². The van der Waals surface area contributed by atoms with Crippen molar-refractivity contribution in [1.82, 2.24) is 0 Å². The number of methoxy groups -OCH3 is 1. The summed E-state index contributed by atoms with van der Waals surface area (Å²) in [4.78, 5) is 0. The summed E-state index contributed by atoms with van der Waals surface area (Å²) in [5.74, 6) is -0.919. The number of benzene rings is 2. The highest BCUT2D eigenvalue weighted by atomic mass is 28.4. The third-order valence-corrected chi connectivity index (χ3v) is 12.8. The first-order valence-corrected chi connectivity index (χ1v) is 15.8. The van der Waals surface area contributed by atoms with E-state index in [0.717, 1.165) is 33.6 Å². The molecule has 3 aliphatic rings. The van der Waals surface area contributed by atoms with Crippen molar-refractivity contribution in [1.29, 1.82) is 0 Å². The monoisotopic (exact) mass is 512 g/mol. The van der Waals surface area contributed by atoms with Gasteiger partial charge in [0, 0.05) is 5.56 Å². The SMILES string of the molecule is COc1ccc(-c2ccc(C)c3c2CO[C@@]32O[C@H](CO[Si](C)(C)C(C)(C)C)[C@H]3OC(C)(C)O[C@H]32)cc1. The lowest BCUT2D eigenvalue weighted by Gasteiger charge is -2.37. The number of aryl methyl sites for hydroxylation is 1. The van der Waals surface area contributed by atoms with Crippen molar-refractivity contribution < 1.29 is 28.1 Å².